The summed E-state index contributed by atoms with van der Waals surface area (Å²) in [6, 6.07) is 7.42. The van der Waals surface area contributed by atoms with E-state index >= 15 is 0 Å². The molecule has 1 rings (SSSR count). The fourth-order valence-electron chi connectivity index (χ4n) is 2.47. The Morgan fingerprint density at radius 3 is 2.53 bits per heavy atom. The van der Waals surface area contributed by atoms with Gasteiger partial charge in [-0.15, -0.1) is 0 Å². The summed E-state index contributed by atoms with van der Waals surface area (Å²) in [5, 5.41) is 18.6. The summed E-state index contributed by atoms with van der Waals surface area (Å²) in [5.41, 5.74) is 0.870. The maximum atomic E-state index is 10.6. The molecular weight excluding hydrogens is 240 g/mol. The quantitative estimate of drug-likeness (QED) is 0.784. The molecule has 19 heavy (non-hydrogen) atoms. The molecule has 1 unspecified atom stereocenters. The molecule has 1 atom stereocenters. The lowest BCUT2D eigenvalue weighted by atomic mass is 9.79. The Morgan fingerprint density at radius 1 is 1.32 bits per heavy atom. The second kappa shape index (κ2) is 6.60. The molecule has 3 nitrogen and oxygen atoms in total. The topological polar surface area (TPSA) is 57.5 Å². The second-order valence-corrected chi connectivity index (χ2v) is 6.00. The van der Waals surface area contributed by atoms with Crippen LogP contribution in [0.15, 0.2) is 24.3 Å². The predicted octanol–water partition coefficient (Wildman–Crippen LogP) is 3.95. The Kier molecular flexibility index (Phi) is 5.40. The van der Waals surface area contributed by atoms with Gasteiger partial charge in [-0.3, -0.25) is 4.79 Å². The Bertz CT molecular complexity index is 424. The van der Waals surface area contributed by atoms with Gasteiger partial charge in [-0.1, -0.05) is 51.8 Å². The van der Waals surface area contributed by atoms with Crippen molar-refractivity contribution in [3.63, 3.8) is 0 Å². The molecule has 0 amide bonds. The van der Waals surface area contributed by atoms with Crippen LogP contribution in [0.2, 0.25) is 0 Å². The van der Waals surface area contributed by atoms with Gasteiger partial charge in [0.05, 0.1) is 0 Å². The summed E-state index contributed by atoms with van der Waals surface area (Å²) < 4.78 is 0. The molecule has 0 aliphatic carbocycles. The van der Waals surface area contributed by atoms with E-state index in [0.717, 1.165) is 24.8 Å². The van der Waals surface area contributed by atoms with Crippen LogP contribution >= 0.6 is 0 Å². The second-order valence-electron chi connectivity index (χ2n) is 6.00. The number of aromatic hydroxyl groups is 1. The van der Waals surface area contributed by atoms with E-state index in [0.29, 0.717) is 5.75 Å². The highest BCUT2D eigenvalue weighted by Gasteiger charge is 2.23. The first-order valence-electron chi connectivity index (χ1n) is 6.83. The number of benzene rings is 1. The van der Waals surface area contributed by atoms with Crippen molar-refractivity contribution in [3.8, 4) is 5.75 Å². The van der Waals surface area contributed by atoms with Crippen LogP contribution in [0.3, 0.4) is 0 Å². The van der Waals surface area contributed by atoms with Crippen LogP contribution in [-0.4, -0.2) is 16.2 Å². The van der Waals surface area contributed by atoms with E-state index in [2.05, 4.69) is 13.8 Å². The number of phenols is 1. The molecule has 0 bridgehead atoms. The minimum atomic E-state index is -0.729. The van der Waals surface area contributed by atoms with Gasteiger partial charge in [0.25, 0.3) is 0 Å². The third kappa shape index (κ3) is 4.93. The molecule has 0 radical (unpaired) electrons. The number of hydrogen-bond acceptors (Lipinski definition) is 2. The molecular formula is C16H24O3. The number of hydrogen-bond donors (Lipinski definition) is 2. The van der Waals surface area contributed by atoms with Gasteiger partial charge in [0.15, 0.2) is 0 Å². The average Bonchev–Trinajstić information content (AvgIpc) is 2.27. The first-order valence-corrected chi connectivity index (χ1v) is 6.83. The Balaban J connectivity index is 2.52. The summed E-state index contributed by atoms with van der Waals surface area (Å²) in [5.74, 6) is -0.184. The van der Waals surface area contributed by atoms with Gasteiger partial charge in [0.1, 0.15) is 5.75 Å². The van der Waals surface area contributed by atoms with E-state index in [1.54, 1.807) is 6.07 Å². The smallest absolute Gasteiger partial charge is 0.303 e. The highest BCUT2D eigenvalue weighted by molar-refractivity contribution is 5.66. The molecule has 0 saturated heterocycles. The van der Waals surface area contributed by atoms with Crippen molar-refractivity contribution >= 4 is 5.97 Å². The Hall–Kier alpha value is -1.51. The van der Waals surface area contributed by atoms with Crippen LogP contribution in [-0.2, 0) is 10.2 Å². The van der Waals surface area contributed by atoms with Gasteiger partial charge in [-0.05, 0) is 29.4 Å². The average molecular weight is 264 g/mol. The molecule has 106 valence electrons. The van der Waals surface area contributed by atoms with E-state index in [-0.39, 0.29) is 17.8 Å². The SMILES string of the molecule is CC(CCCC(C)(C)c1ccccc1O)CC(=O)O. The van der Waals surface area contributed by atoms with Crippen LogP contribution in [0.4, 0.5) is 0 Å². The molecule has 1 aromatic carbocycles. The summed E-state index contributed by atoms with van der Waals surface area (Å²) >= 11 is 0. The summed E-state index contributed by atoms with van der Waals surface area (Å²) in [6.07, 6.45) is 3.05. The van der Waals surface area contributed by atoms with E-state index in [4.69, 9.17) is 5.11 Å². The van der Waals surface area contributed by atoms with Gasteiger partial charge >= 0.3 is 5.97 Å². The number of carbonyl (C=O) groups is 1. The number of aliphatic carboxylic acids is 1. The van der Waals surface area contributed by atoms with Gasteiger partial charge < -0.3 is 10.2 Å². The lowest BCUT2D eigenvalue weighted by Gasteiger charge is -2.26. The largest absolute Gasteiger partial charge is 0.508 e. The van der Waals surface area contributed by atoms with Crippen molar-refractivity contribution in [2.75, 3.05) is 0 Å². The maximum absolute atomic E-state index is 10.6. The zero-order chi connectivity index (χ0) is 14.5. The normalized spacial score (nSPS) is 13.2. The van der Waals surface area contributed by atoms with Crippen molar-refractivity contribution in [1.29, 1.82) is 0 Å². The molecule has 0 fully saturated rings. The van der Waals surface area contributed by atoms with Crippen molar-refractivity contribution in [2.45, 2.75) is 51.9 Å². The van der Waals surface area contributed by atoms with Crippen molar-refractivity contribution < 1.29 is 15.0 Å². The molecule has 1 aromatic rings. The molecule has 3 heteroatoms. The number of phenolic OH excluding ortho intramolecular Hbond substituents is 1. The molecule has 2 N–H and O–H groups in total. The highest BCUT2D eigenvalue weighted by Crippen LogP contribution is 2.35. The lowest BCUT2D eigenvalue weighted by molar-refractivity contribution is -0.138. The fourth-order valence-corrected chi connectivity index (χ4v) is 2.47. The summed E-state index contributed by atoms with van der Waals surface area (Å²) in [6.45, 7) is 6.20. The first kappa shape index (κ1) is 15.5. The van der Waals surface area contributed by atoms with Crippen LogP contribution in [0.1, 0.15) is 52.0 Å². The number of rotatable bonds is 7. The molecule has 0 saturated carbocycles. The van der Waals surface area contributed by atoms with Crippen LogP contribution < -0.4 is 0 Å². The van der Waals surface area contributed by atoms with Gasteiger partial charge in [-0.25, -0.2) is 0 Å². The minimum Gasteiger partial charge on any atom is -0.508 e. The lowest BCUT2D eigenvalue weighted by Crippen LogP contribution is -2.17. The zero-order valence-corrected chi connectivity index (χ0v) is 12.0. The van der Waals surface area contributed by atoms with Crippen LogP contribution in [0.5, 0.6) is 5.75 Å². The minimum absolute atomic E-state index is 0.0890. The van der Waals surface area contributed by atoms with Crippen molar-refractivity contribution in [1.82, 2.24) is 0 Å². The predicted molar refractivity (Wildman–Crippen MR) is 76.4 cm³/mol. The third-order valence-electron chi connectivity index (χ3n) is 3.65. The highest BCUT2D eigenvalue weighted by atomic mass is 16.4. The summed E-state index contributed by atoms with van der Waals surface area (Å²) in [4.78, 5) is 10.6. The monoisotopic (exact) mass is 264 g/mol. The summed E-state index contributed by atoms with van der Waals surface area (Å²) in [7, 11) is 0. The number of carboxylic acid groups (broad SMARTS) is 1. The number of carboxylic acids is 1. The maximum Gasteiger partial charge on any atom is 0.303 e. The Morgan fingerprint density at radius 2 is 1.95 bits per heavy atom. The standard InChI is InChI=1S/C16H24O3/c1-12(11-15(18)19)7-6-10-16(2,3)13-8-4-5-9-14(13)17/h4-5,8-9,12,17H,6-7,10-11H2,1-3H3,(H,18,19). The van der Waals surface area contributed by atoms with Gasteiger partial charge in [-0.2, -0.15) is 0 Å². The Labute approximate surface area is 115 Å². The molecule has 0 aliphatic heterocycles. The van der Waals surface area contributed by atoms with Crippen LogP contribution in [0.25, 0.3) is 0 Å². The number of para-hydroxylation sites is 1. The van der Waals surface area contributed by atoms with Crippen LogP contribution in [0, 0.1) is 5.92 Å². The van der Waals surface area contributed by atoms with Gasteiger partial charge in [0.2, 0.25) is 0 Å². The van der Waals surface area contributed by atoms with Crippen molar-refractivity contribution in [3.05, 3.63) is 29.8 Å². The van der Waals surface area contributed by atoms with Gasteiger partial charge in [0, 0.05) is 6.42 Å². The first-order chi connectivity index (χ1) is 8.83. The molecule has 0 heterocycles. The van der Waals surface area contributed by atoms with E-state index < -0.39 is 5.97 Å². The van der Waals surface area contributed by atoms with E-state index in [9.17, 15) is 9.90 Å². The zero-order valence-electron chi connectivity index (χ0n) is 12.0. The fraction of sp³-hybridized carbons (Fsp3) is 0.562. The van der Waals surface area contributed by atoms with Crippen molar-refractivity contribution in [2.24, 2.45) is 5.92 Å². The molecule has 0 aliphatic rings. The third-order valence-corrected chi connectivity index (χ3v) is 3.65. The van der Waals surface area contributed by atoms with E-state index in [1.165, 1.54) is 0 Å². The molecule has 0 aromatic heterocycles. The molecule has 0 spiro atoms. The van der Waals surface area contributed by atoms with E-state index in [1.807, 2.05) is 25.1 Å².